The number of aromatic nitrogens is 2. The van der Waals surface area contributed by atoms with Crippen LogP contribution < -0.4 is 20.1 Å². The van der Waals surface area contributed by atoms with Gasteiger partial charge in [0.15, 0.2) is 6.10 Å². The third-order valence-corrected chi connectivity index (χ3v) is 6.12. The molecule has 0 radical (unpaired) electrons. The van der Waals surface area contributed by atoms with E-state index in [9.17, 15) is 26.6 Å². The summed E-state index contributed by atoms with van der Waals surface area (Å²) in [7, 11) is -2.52. The number of benzene rings is 2. The SMILES string of the molecule is C=S(C)(=O)Nc1cc(C2CC2)c2c(Nc3ccc(F)cc3OC(C)C(=O)NCC(F)(F)F)ncnc2c1. The maximum atomic E-state index is 14.0. The largest absolute Gasteiger partial charge is 0.479 e. The minimum atomic E-state index is -4.58. The molecule has 37 heavy (non-hydrogen) atoms. The quantitative estimate of drug-likeness (QED) is 0.273. The fourth-order valence-corrected chi connectivity index (χ4v) is 4.36. The number of amides is 1. The highest BCUT2D eigenvalue weighted by Gasteiger charge is 2.30. The summed E-state index contributed by atoms with van der Waals surface area (Å²) in [6.45, 7) is -0.253. The molecule has 1 amide bonds. The van der Waals surface area contributed by atoms with Crippen LogP contribution in [0.25, 0.3) is 10.9 Å². The Kier molecular flexibility index (Phi) is 7.18. The predicted octanol–water partition coefficient (Wildman–Crippen LogP) is 4.51. The Hall–Kier alpha value is -3.61. The lowest BCUT2D eigenvalue weighted by Crippen LogP contribution is -2.41. The Morgan fingerprint density at radius 1 is 1.24 bits per heavy atom. The summed E-state index contributed by atoms with van der Waals surface area (Å²) in [5, 5.41) is 5.54. The maximum absolute atomic E-state index is 14.0. The van der Waals surface area contributed by atoms with Gasteiger partial charge in [0.1, 0.15) is 30.3 Å². The molecule has 1 aliphatic carbocycles. The van der Waals surface area contributed by atoms with Crippen molar-refractivity contribution in [3.05, 3.63) is 48.0 Å². The third-order valence-electron chi connectivity index (χ3n) is 5.45. The smallest absolute Gasteiger partial charge is 0.405 e. The van der Waals surface area contributed by atoms with Crippen molar-refractivity contribution in [2.45, 2.75) is 38.0 Å². The third kappa shape index (κ3) is 7.00. The van der Waals surface area contributed by atoms with E-state index in [0.29, 0.717) is 22.4 Å². The second-order valence-electron chi connectivity index (χ2n) is 8.92. The van der Waals surface area contributed by atoms with Crippen LogP contribution in [0, 0.1) is 5.82 Å². The summed E-state index contributed by atoms with van der Waals surface area (Å²) in [5.74, 6) is 2.50. The van der Waals surface area contributed by atoms with Gasteiger partial charge in [-0.05, 0) is 61.4 Å². The predicted molar refractivity (Wildman–Crippen MR) is 135 cm³/mol. The normalized spacial score (nSPS) is 16.1. The minimum Gasteiger partial charge on any atom is -0.479 e. The molecule has 198 valence electrons. The van der Waals surface area contributed by atoms with Crippen LogP contribution >= 0.6 is 0 Å². The van der Waals surface area contributed by atoms with E-state index in [-0.39, 0.29) is 17.4 Å². The van der Waals surface area contributed by atoms with Gasteiger partial charge in [0, 0.05) is 33.1 Å². The first-order valence-electron chi connectivity index (χ1n) is 11.3. The zero-order valence-electron chi connectivity index (χ0n) is 20.0. The van der Waals surface area contributed by atoms with Crippen molar-refractivity contribution in [1.82, 2.24) is 15.3 Å². The number of carbonyl (C=O) groups excluding carboxylic acids is 1. The zero-order valence-corrected chi connectivity index (χ0v) is 20.8. The molecule has 1 fully saturated rings. The van der Waals surface area contributed by atoms with E-state index in [1.807, 2.05) is 6.07 Å². The molecule has 0 saturated heterocycles. The number of rotatable bonds is 9. The van der Waals surface area contributed by atoms with Crippen molar-refractivity contribution in [3.8, 4) is 5.75 Å². The van der Waals surface area contributed by atoms with E-state index in [0.717, 1.165) is 24.5 Å². The molecule has 3 aromatic rings. The van der Waals surface area contributed by atoms with Gasteiger partial charge in [-0.2, -0.15) is 13.2 Å². The lowest BCUT2D eigenvalue weighted by molar-refractivity contribution is -0.142. The van der Waals surface area contributed by atoms with Gasteiger partial charge in [-0.3, -0.25) is 4.79 Å². The second-order valence-corrected chi connectivity index (χ2v) is 11.1. The van der Waals surface area contributed by atoms with Crippen molar-refractivity contribution >= 4 is 49.6 Å². The van der Waals surface area contributed by atoms with E-state index in [1.54, 1.807) is 11.4 Å². The average Bonchev–Trinajstić information content (AvgIpc) is 3.62. The van der Waals surface area contributed by atoms with Crippen molar-refractivity contribution in [1.29, 1.82) is 0 Å². The number of alkyl halides is 3. The van der Waals surface area contributed by atoms with E-state index in [1.165, 1.54) is 31.6 Å². The summed E-state index contributed by atoms with van der Waals surface area (Å²) in [6, 6.07) is 7.16. The van der Waals surface area contributed by atoms with Crippen LogP contribution in [-0.2, 0) is 14.5 Å². The summed E-state index contributed by atoms with van der Waals surface area (Å²) < 4.78 is 72.0. The number of anilines is 3. The Balaban J connectivity index is 1.66. The number of hydrogen-bond acceptors (Lipinski definition) is 6. The number of fused-ring (bicyclic) bond motifs is 1. The zero-order chi connectivity index (χ0) is 27.0. The lowest BCUT2D eigenvalue weighted by Gasteiger charge is -2.19. The maximum Gasteiger partial charge on any atom is 0.405 e. The van der Waals surface area contributed by atoms with Crippen molar-refractivity contribution in [2.24, 2.45) is 0 Å². The van der Waals surface area contributed by atoms with Crippen molar-refractivity contribution < 1.29 is 31.3 Å². The van der Waals surface area contributed by atoms with Gasteiger partial charge >= 0.3 is 6.18 Å². The number of halogens is 4. The topological polar surface area (TPSA) is 105 Å². The van der Waals surface area contributed by atoms with Gasteiger partial charge in [0.2, 0.25) is 0 Å². The van der Waals surface area contributed by atoms with Crippen LogP contribution in [0.1, 0.15) is 31.2 Å². The van der Waals surface area contributed by atoms with Gasteiger partial charge < -0.3 is 20.1 Å². The number of hydrogen-bond donors (Lipinski definition) is 3. The first-order chi connectivity index (χ1) is 17.3. The number of ether oxygens (including phenoxy) is 1. The molecular formula is C24H25F4N5O3S. The Morgan fingerprint density at radius 2 is 1.97 bits per heavy atom. The molecular weight excluding hydrogens is 514 g/mol. The number of carbonyl (C=O) groups is 1. The van der Waals surface area contributed by atoms with Crippen molar-refractivity contribution in [3.63, 3.8) is 0 Å². The second kappa shape index (κ2) is 10.0. The van der Waals surface area contributed by atoms with E-state index in [2.05, 4.69) is 25.9 Å². The van der Waals surface area contributed by atoms with E-state index in [4.69, 9.17) is 4.74 Å². The average molecular weight is 540 g/mol. The minimum absolute atomic E-state index is 0.0875. The molecule has 0 spiro atoms. The summed E-state index contributed by atoms with van der Waals surface area (Å²) >= 11 is 0. The highest BCUT2D eigenvalue weighted by molar-refractivity contribution is 8.00. The van der Waals surface area contributed by atoms with Gasteiger partial charge in [0.05, 0.1) is 11.2 Å². The van der Waals surface area contributed by atoms with Gasteiger partial charge in [-0.25, -0.2) is 18.6 Å². The van der Waals surface area contributed by atoms with Crippen LogP contribution in [0.3, 0.4) is 0 Å². The van der Waals surface area contributed by atoms with E-state index >= 15 is 0 Å². The number of nitrogens with zero attached hydrogens (tertiary/aromatic N) is 2. The molecule has 8 nitrogen and oxygen atoms in total. The Bertz CT molecular complexity index is 1440. The molecule has 13 heteroatoms. The monoisotopic (exact) mass is 539 g/mol. The molecule has 2 unspecified atom stereocenters. The molecule has 0 bridgehead atoms. The highest BCUT2D eigenvalue weighted by Crippen LogP contribution is 2.46. The molecule has 1 heterocycles. The van der Waals surface area contributed by atoms with Crippen LogP contribution in [-0.4, -0.2) is 51.0 Å². The first kappa shape index (κ1) is 26.5. The fourth-order valence-electron chi connectivity index (χ4n) is 3.74. The molecule has 2 atom stereocenters. The lowest BCUT2D eigenvalue weighted by atomic mass is 10.0. The molecule has 1 aromatic heterocycles. The molecule has 3 N–H and O–H groups in total. The van der Waals surface area contributed by atoms with Crippen molar-refractivity contribution in [2.75, 3.05) is 22.8 Å². The molecule has 2 aromatic carbocycles. The Labute approximate surface area is 211 Å². The molecule has 0 aliphatic heterocycles. The van der Waals surface area contributed by atoms with Crippen LogP contribution in [0.5, 0.6) is 5.75 Å². The van der Waals surface area contributed by atoms with Gasteiger partial charge in [0.25, 0.3) is 5.91 Å². The summed E-state index contributed by atoms with van der Waals surface area (Å²) in [5.41, 5.74) is 2.34. The molecule has 4 rings (SSSR count). The standard InChI is InChI=1S/C24H25F4N5O3S/c1-13(23(34)29-11-24(26,27)28)36-20-8-15(25)6-7-18(20)32-22-21-17(14-4-5-14)9-16(33-37(2,3)35)10-19(21)30-12-31-22/h6-10,12-14H,2,4-5,11H2,1,3H3,(H,29,34)(H,33,35)(H,30,31,32). The van der Waals surface area contributed by atoms with Gasteiger partial charge in [-0.1, -0.05) is 0 Å². The summed E-state index contributed by atoms with van der Waals surface area (Å²) in [6.07, 6.45) is -1.20. The molecule has 1 aliphatic rings. The fraction of sp³-hybridized carbons (Fsp3) is 0.333. The van der Waals surface area contributed by atoms with Crippen LogP contribution in [0.4, 0.5) is 34.8 Å². The highest BCUT2D eigenvalue weighted by atomic mass is 32.2. The van der Waals surface area contributed by atoms with Crippen LogP contribution in [0.2, 0.25) is 0 Å². The molecule has 1 saturated carbocycles. The Morgan fingerprint density at radius 3 is 2.62 bits per heavy atom. The van der Waals surface area contributed by atoms with E-state index < -0.39 is 40.3 Å². The number of nitrogens with one attached hydrogen (secondary N) is 3. The summed E-state index contributed by atoms with van der Waals surface area (Å²) in [4.78, 5) is 20.8. The van der Waals surface area contributed by atoms with Crippen LogP contribution in [0.15, 0.2) is 36.7 Å². The van der Waals surface area contributed by atoms with Gasteiger partial charge in [-0.15, -0.1) is 0 Å². The first-order valence-corrected chi connectivity index (χ1v) is 13.4.